The second kappa shape index (κ2) is 52.4. The Morgan fingerprint density at radius 2 is 0.598 bits per heavy atom. The number of ether oxygens (including phenoxy) is 1. The molecule has 0 aliphatic heterocycles. The summed E-state index contributed by atoms with van der Waals surface area (Å²) in [6.45, 7) is 54.9. The number of hydrogen-bond acceptors (Lipinski definition) is 8. The average Bonchev–Trinajstić information content (AvgIpc) is 0.857. The van der Waals surface area contributed by atoms with Crippen molar-refractivity contribution in [3.05, 3.63) is 0 Å². The molecular weight excluding hydrogens is 1190 g/mol. The highest BCUT2D eigenvalue weighted by molar-refractivity contribution is 6.75. The molecule has 0 aromatic heterocycles. The summed E-state index contributed by atoms with van der Waals surface area (Å²) in [7, 11) is -6.19. The Hall–Kier alpha value is -0.609. The van der Waals surface area contributed by atoms with E-state index in [1.807, 2.05) is 6.92 Å². The summed E-state index contributed by atoms with van der Waals surface area (Å²) in [5, 5.41) is 10.9. The predicted octanol–water partition coefficient (Wildman–Crippen LogP) is 25.5. The topological polar surface area (TPSA) is 97.8 Å². The van der Waals surface area contributed by atoms with Crippen molar-refractivity contribution in [1.29, 1.82) is 0 Å². The van der Waals surface area contributed by atoms with Crippen LogP contribution in [0.25, 0.3) is 0 Å². The van der Waals surface area contributed by atoms with E-state index in [9.17, 15) is 14.7 Å². The maximum absolute atomic E-state index is 13.9. The first-order chi connectivity index (χ1) is 43.3. The van der Waals surface area contributed by atoms with Gasteiger partial charge in [-0.1, -0.05) is 316 Å². The second-order valence-corrected chi connectivity index (χ2v) is 48.6. The van der Waals surface area contributed by atoms with Crippen LogP contribution in [0.3, 0.4) is 0 Å². The predicted molar refractivity (Wildman–Crippen MR) is 412 cm³/mol. The summed E-state index contributed by atoms with van der Waals surface area (Å²) in [5.41, 5.74) is 0. The zero-order chi connectivity index (χ0) is 69.5. The van der Waals surface area contributed by atoms with Gasteiger partial charge in [0.1, 0.15) is 0 Å². The fourth-order valence-corrected chi connectivity index (χ4v) is 16.6. The van der Waals surface area contributed by atoms with Crippen molar-refractivity contribution in [2.45, 2.75) is 452 Å². The number of hydrogen-bond donors (Lipinski definition) is 1. The van der Waals surface area contributed by atoms with Crippen LogP contribution in [0.2, 0.25) is 54.4 Å². The van der Waals surface area contributed by atoms with E-state index in [-0.39, 0.29) is 45.3 Å². The number of carboxylic acids is 1. The zero-order valence-electron chi connectivity index (χ0n) is 66.2. The molecule has 0 rings (SSSR count). The molecule has 6 atom stereocenters. The molecule has 0 radical (unpaired) electrons. The number of carboxylic acid groups (broad SMARTS) is 1. The van der Waals surface area contributed by atoms with Gasteiger partial charge in [0.05, 0.1) is 24.2 Å². The monoisotopic (exact) mass is 1350 g/mol. The van der Waals surface area contributed by atoms with E-state index >= 15 is 0 Å². The van der Waals surface area contributed by atoms with Gasteiger partial charge in [0.25, 0.3) is 0 Å². The molecule has 92 heavy (non-hydrogen) atoms. The molecule has 0 heterocycles. The number of nitrogens with zero attached hydrogens (tertiary/aromatic N) is 2. The molecule has 550 valence electrons. The van der Waals surface area contributed by atoms with E-state index in [1.165, 1.54) is 212 Å². The minimum atomic E-state index is -2.09. The summed E-state index contributed by atoms with van der Waals surface area (Å²) in [6.07, 6.45) is 50.3. The lowest BCUT2D eigenvalue weighted by atomic mass is 10.00. The first-order valence-electron chi connectivity index (χ1n) is 40.2. The third kappa shape index (κ3) is 45.9. The lowest BCUT2D eigenvalue weighted by Gasteiger charge is -2.42. The van der Waals surface area contributed by atoms with Crippen LogP contribution >= 0.6 is 0 Å². The summed E-state index contributed by atoms with van der Waals surface area (Å²) in [6, 6.07) is 0. The van der Waals surface area contributed by atoms with Crippen LogP contribution in [-0.4, -0.2) is 115 Å². The Bertz CT molecular complexity index is 1690. The largest absolute Gasteiger partial charge is 0.479 e. The smallest absolute Gasteiger partial charge is 0.345 e. The van der Waals surface area contributed by atoms with Crippen LogP contribution in [0, 0.1) is 11.8 Å². The van der Waals surface area contributed by atoms with Gasteiger partial charge in [-0.2, -0.15) is 0 Å². The van der Waals surface area contributed by atoms with Crippen LogP contribution in [-0.2, 0) is 27.6 Å². The molecular formula is C80H166N2O7Si3. The fraction of sp³-hybridized carbons (Fsp3) is 0.975. The summed E-state index contributed by atoms with van der Waals surface area (Å²) < 4.78 is 28.1. The van der Waals surface area contributed by atoms with Gasteiger partial charge in [-0.05, 0) is 131 Å². The van der Waals surface area contributed by atoms with Crippen molar-refractivity contribution in [2.24, 2.45) is 11.8 Å². The Balaban J connectivity index is 6.44. The Morgan fingerprint density at radius 1 is 0.348 bits per heavy atom. The van der Waals surface area contributed by atoms with Gasteiger partial charge in [0.15, 0.2) is 31.1 Å². The fourth-order valence-electron chi connectivity index (χ4n) is 12.5. The number of carbonyl (C=O) groups excluding carboxylic acids is 1. The first-order valence-corrected chi connectivity index (χ1v) is 48.9. The quantitative estimate of drug-likeness (QED) is 0.0363. The van der Waals surface area contributed by atoms with Crippen molar-refractivity contribution in [3.63, 3.8) is 0 Å². The number of rotatable bonds is 63. The molecule has 0 aliphatic rings. The number of unbranched alkanes of at least 4 members (excludes halogenated alkanes) is 30. The molecule has 12 heteroatoms. The van der Waals surface area contributed by atoms with Gasteiger partial charge in [-0.3, -0.25) is 9.69 Å². The maximum Gasteiger partial charge on any atom is 0.345 e. The van der Waals surface area contributed by atoms with E-state index in [2.05, 4.69) is 146 Å². The third-order valence-electron chi connectivity index (χ3n) is 21.9. The molecule has 1 N–H and O–H groups in total. The van der Waals surface area contributed by atoms with E-state index in [1.54, 1.807) is 0 Å². The van der Waals surface area contributed by atoms with Crippen molar-refractivity contribution in [2.75, 3.05) is 39.3 Å². The summed E-state index contributed by atoms with van der Waals surface area (Å²) in [5.74, 6) is -1.17. The van der Waals surface area contributed by atoms with Crippen molar-refractivity contribution in [1.82, 2.24) is 9.80 Å². The third-order valence-corrected chi connectivity index (χ3v) is 35.5. The molecule has 0 saturated heterocycles. The van der Waals surface area contributed by atoms with E-state index in [0.29, 0.717) is 25.2 Å². The van der Waals surface area contributed by atoms with Crippen molar-refractivity contribution in [3.8, 4) is 0 Å². The average molecular weight is 1350 g/mol. The highest BCUT2D eigenvalue weighted by atomic mass is 28.4. The second-order valence-electron chi connectivity index (χ2n) is 34.3. The maximum atomic E-state index is 13.9. The van der Waals surface area contributed by atoms with Gasteiger partial charge >= 0.3 is 11.9 Å². The van der Waals surface area contributed by atoms with Gasteiger partial charge in [-0.15, -0.1) is 0 Å². The van der Waals surface area contributed by atoms with Crippen molar-refractivity contribution < 1.29 is 32.7 Å². The standard InChI is InChI=1S/C80H166N2O7Si3/c1-22-26-30-34-38-42-46-50-58-70(5)66-81(67-72(87-90(16,17)78(7,8)9)60-51-47-43-39-35-31-27-23-2)64-56-54-59-71(6)77(85)86-75(76(83)84)63-55-57-65-82(68-73(88-91(18,19)79(10,11)12)61-52-48-44-40-36-32-28-24-3)69-74(89-92(20,21)80(13,14)15)62-53-49-45-41-37-33-29-25-4/h70-75H,22-69H2,1-21H3,(H,83,84)/t70-,71?,72-,73-,74-,75?/m1/s1. The highest BCUT2D eigenvalue weighted by Crippen LogP contribution is 2.41. The number of aliphatic carboxylic acids is 1. The van der Waals surface area contributed by atoms with Gasteiger partial charge in [0.2, 0.25) is 0 Å². The Labute approximate surface area is 579 Å². The van der Waals surface area contributed by atoms with Crippen LogP contribution in [0.4, 0.5) is 0 Å². The lowest BCUT2D eigenvalue weighted by Crippen LogP contribution is -2.50. The highest BCUT2D eigenvalue weighted by Gasteiger charge is 2.42. The number of carbonyl (C=O) groups is 2. The van der Waals surface area contributed by atoms with Crippen LogP contribution in [0.1, 0.15) is 374 Å². The molecule has 0 aromatic carbocycles. The van der Waals surface area contributed by atoms with Gasteiger partial charge in [0, 0.05) is 26.2 Å². The molecule has 9 nitrogen and oxygen atoms in total. The summed E-state index contributed by atoms with van der Waals surface area (Å²) in [4.78, 5) is 32.2. The van der Waals surface area contributed by atoms with Crippen molar-refractivity contribution >= 4 is 36.9 Å². The SMILES string of the molecule is CCCCCCCCCC[C@@H](C)CN(CCCCC(C)C(=O)OC(CCCCN(C[C@@H](CCCCCCCCCC)O[Si](C)(C)C(C)(C)C)C[C@@H](CCCCCCCCCC)O[Si](C)(C)C(C)(C)C)C(=O)O)C[C@@H](CCCCCCCCCC)O[Si](C)(C)C(C)(C)C. The molecule has 0 saturated carbocycles. The molecule has 0 spiro atoms. The minimum absolute atomic E-state index is 0.100. The molecule has 0 aromatic rings. The van der Waals surface area contributed by atoms with Gasteiger partial charge < -0.3 is 28.0 Å². The van der Waals surface area contributed by atoms with E-state index in [0.717, 1.165) is 77.8 Å². The van der Waals surface area contributed by atoms with E-state index in [4.69, 9.17) is 18.0 Å². The van der Waals surface area contributed by atoms with Crippen LogP contribution in [0.15, 0.2) is 0 Å². The first kappa shape index (κ1) is 91.4. The number of esters is 1. The molecule has 0 bridgehead atoms. The van der Waals surface area contributed by atoms with E-state index < -0.39 is 37.0 Å². The summed E-state index contributed by atoms with van der Waals surface area (Å²) >= 11 is 0. The zero-order valence-corrected chi connectivity index (χ0v) is 69.2. The molecule has 0 fully saturated rings. The van der Waals surface area contributed by atoms with Gasteiger partial charge in [-0.25, -0.2) is 4.79 Å². The Morgan fingerprint density at radius 3 is 0.880 bits per heavy atom. The normalized spacial score (nSPS) is 15.1. The lowest BCUT2D eigenvalue weighted by molar-refractivity contribution is -0.167. The minimum Gasteiger partial charge on any atom is -0.479 e. The van der Waals surface area contributed by atoms with Crippen LogP contribution in [0.5, 0.6) is 0 Å². The van der Waals surface area contributed by atoms with Crippen LogP contribution < -0.4 is 0 Å². The molecule has 0 aliphatic carbocycles. The molecule has 0 amide bonds. The molecule has 2 unspecified atom stereocenters. The Kier molecular flexibility index (Phi) is 52.1.